The highest BCUT2D eigenvalue weighted by molar-refractivity contribution is 7.17. The van der Waals surface area contributed by atoms with Gasteiger partial charge in [-0.05, 0) is 87.1 Å². The Morgan fingerprint density at radius 2 is 1.55 bits per heavy atom. The van der Waals surface area contributed by atoms with Gasteiger partial charge in [-0.3, -0.25) is 14.4 Å². The largest absolute Gasteiger partial charge is 0.465 e. The Hall–Kier alpha value is -4.67. The second-order valence-electron chi connectivity index (χ2n) is 13.7. The van der Waals surface area contributed by atoms with Crippen LogP contribution in [0.4, 0.5) is 15.3 Å². The molecule has 5 N–H and O–H groups in total. The second kappa shape index (κ2) is 24.1. The third kappa shape index (κ3) is 14.4. The number of thiophene rings is 1. The number of aryl methyl sites for hydroxylation is 1. The van der Waals surface area contributed by atoms with Crippen molar-refractivity contribution in [3.63, 3.8) is 0 Å². The number of fused-ring (bicyclic) bond motifs is 1. The summed E-state index contributed by atoms with van der Waals surface area (Å²) in [5, 5.41) is 21.6. The molecule has 1 aliphatic rings. The van der Waals surface area contributed by atoms with Crippen molar-refractivity contribution < 1.29 is 43.3 Å². The lowest BCUT2D eigenvalue weighted by Gasteiger charge is -2.28. The quantitative estimate of drug-likeness (QED) is 0.0749. The smallest absolute Gasteiger partial charge is 0.407 e. The summed E-state index contributed by atoms with van der Waals surface area (Å²) < 4.78 is 18.4. The molecule has 0 atom stereocenters. The van der Waals surface area contributed by atoms with E-state index in [1.54, 1.807) is 16.2 Å². The molecule has 1 aromatic carbocycles. The number of amides is 5. The van der Waals surface area contributed by atoms with Gasteiger partial charge in [0.1, 0.15) is 18.8 Å². The Morgan fingerprint density at radius 3 is 2.27 bits per heavy atom. The topological polar surface area (TPSA) is 190 Å². The van der Waals surface area contributed by atoms with Crippen molar-refractivity contribution in [3.05, 3.63) is 53.0 Å². The second-order valence-corrected chi connectivity index (χ2v) is 14.6. The van der Waals surface area contributed by atoms with Gasteiger partial charge in [-0.25, -0.2) is 9.59 Å². The van der Waals surface area contributed by atoms with Crippen LogP contribution in [0.3, 0.4) is 0 Å². The summed E-state index contributed by atoms with van der Waals surface area (Å²) in [5.74, 6) is -0.303. The van der Waals surface area contributed by atoms with Crippen LogP contribution >= 0.6 is 11.3 Å². The van der Waals surface area contributed by atoms with Crippen molar-refractivity contribution in [1.29, 1.82) is 0 Å². The van der Waals surface area contributed by atoms with Crippen LogP contribution in [-0.4, -0.2) is 105 Å². The van der Waals surface area contributed by atoms with Crippen molar-refractivity contribution >= 4 is 57.1 Å². The number of carbonyl (C=O) groups is 5. The Morgan fingerprint density at radius 1 is 0.839 bits per heavy atom. The van der Waals surface area contributed by atoms with Crippen LogP contribution in [0.2, 0.25) is 0 Å². The molecule has 56 heavy (non-hydrogen) atoms. The molecule has 15 nitrogen and oxygen atoms in total. The average molecular weight is 799 g/mol. The lowest BCUT2D eigenvalue weighted by molar-refractivity contribution is -0.126. The van der Waals surface area contributed by atoms with E-state index in [0.29, 0.717) is 64.2 Å². The number of unbranched alkanes of at least 4 members (excludes halogenated alkanes) is 3. The minimum absolute atomic E-state index is 0.0424. The Balaban J connectivity index is 1.06. The number of hydrogen-bond acceptors (Lipinski definition) is 9. The van der Waals surface area contributed by atoms with E-state index in [1.165, 1.54) is 0 Å². The van der Waals surface area contributed by atoms with Gasteiger partial charge in [-0.15, -0.1) is 11.3 Å². The van der Waals surface area contributed by atoms with Crippen LogP contribution in [0.15, 0.2) is 41.8 Å². The third-order valence-corrected chi connectivity index (χ3v) is 10.6. The minimum atomic E-state index is -1.09. The Labute approximate surface area is 332 Å². The first-order valence-electron chi connectivity index (χ1n) is 19.8. The van der Waals surface area contributed by atoms with Crippen molar-refractivity contribution in [2.75, 3.05) is 64.1 Å². The molecule has 1 saturated carbocycles. The number of nitrogens with zero attached hydrogens (tertiary/aromatic N) is 2. The molecule has 0 unspecified atom stereocenters. The van der Waals surface area contributed by atoms with Crippen LogP contribution in [0.1, 0.15) is 81.3 Å². The molecule has 0 bridgehead atoms. The lowest BCUT2D eigenvalue weighted by atomic mass is 9.85. The SMILES string of the molecule is CCc1cccc(N(CC)C(=O)Cn2c(C(=O)NC3CCC(C(=O)NCCCCCCNC(=O)OCCOCCOCCNC(=O)O)CC3)cc3sccc32)c1. The molecule has 3 aromatic rings. The molecule has 0 saturated heterocycles. The van der Waals surface area contributed by atoms with E-state index in [0.717, 1.165) is 53.6 Å². The number of nitrogens with one attached hydrogen (secondary N) is 4. The van der Waals surface area contributed by atoms with Crippen molar-refractivity contribution in [3.8, 4) is 0 Å². The number of ether oxygens (including phenoxy) is 3. The van der Waals surface area contributed by atoms with E-state index >= 15 is 0 Å². The predicted octanol–water partition coefficient (Wildman–Crippen LogP) is 5.31. The van der Waals surface area contributed by atoms with Crippen molar-refractivity contribution in [2.24, 2.45) is 5.92 Å². The summed E-state index contributed by atoms with van der Waals surface area (Å²) in [4.78, 5) is 64.1. The van der Waals surface area contributed by atoms with Gasteiger partial charge in [0, 0.05) is 43.8 Å². The fourth-order valence-corrected chi connectivity index (χ4v) is 7.53. The maximum atomic E-state index is 13.6. The highest BCUT2D eigenvalue weighted by Gasteiger charge is 2.29. The van der Waals surface area contributed by atoms with E-state index in [1.807, 2.05) is 47.2 Å². The third-order valence-electron chi connectivity index (χ3n) is 9.76. The lowest BCUT2D eigenvalue weighted by Crippen LogP contribution is -2.42. The zero-order valence-electron chi connectivity index (χ0n) is 32.6. The van der Waals surface area contributed by atoms with Gasteiger partial charge < -0.3 is 50.1 Å². The molecule has 1 fully saturated rings. The molecule has 2 aromatic heterocycles. The minimum Gasteiger partial charge on any atom is -0.465 e. The molecule has 2 heterocycles. The number of benzene rings is 1. The number of carbonyl (C=O) groups excluding carboxylic acids is 4. The van der Waals surface area contributed by atoms with Gasteiger partial charge >= 0.3 is 12.2 Å². The van der Waals surface area contributed by atoms with Gasteiger partial charge in [0.25, 0.3) is 5.91 Å². The summed E-state index contributed by atoms with van der Waals surface area (Å²) in [7, 11) is 0. The first-order valence-corrected chi connectivity index (χ1v) is 20.7. The zero-order chi connectivity index (χ0) is 40.1. The first-order chi connectivity index (χ1) is 27.2. The maximum absolute atomic E-state index is 13.6. The van der Waals surface area contributed by atoms with Gasteiger partial charge in [0.2, 0.25) is 11.8 Å². The molecule has 16 heteroatoms. The van der Waals surface area contributed by atoms with Crippen LogP contribution in [-0.2, 0) is 36.8 Å². The van der Waals surface area contributed by atoms with Crippen LogP contribution in [0.5, 0.6) is 0 Å². The number of aromatic nitrogens is 1. The summed E-state index contributed by atoms with van der Waals surface area (Å²) in [5.41, 5.74) is 3.36. The van der Waals surface area contributed by atoms with Gasteiger partial charge in [0.05, 0.1) is 36.6 Å². The number of alkyl carbamates (subject to hydrolysis) is 1. The zero-order valence-corrected chi connectivity index (χ0v) is 33.5. The highest BCUT2D eigenvalue weighted by atomic mass is 32.1. The van der Waals surface area contributed by atoms with Crippen LogP contribution in [0, 0.1) is 5.92 Å². The summed E-state index contributed by atoms with van der Waals surface area (Å²) in [6.07, 6.45) is 5.58. The number of carboxylic acid groups (broad SMARTS) is 1. The maximum Gasteiger partial charge on any atom is 0.407 e. The molecule has 0 radical (unpaired) electrons. The van der Waals surface area contributed by atoms with E-state index < -0.39 is 12.2 Å². The number of rotatable bonds is 24. The Kier molecular flexibility index (Phi) is 18.9. The van der Waals surface area contributed by atoms with E-state index in [9.17, 15) is 24.0 Å². The molecule has 0 aliphatic heterocycles. The molecule has 1 aliphatic carbocycles. The summed E-state index contributed by atoms with van der Waals surface area (Å²) >= 11 is 1.55. The fraction of sp³-hybridized carbons (Fsp3) is 0.575. The van der Waals surface area contributed by atoms with Crippen molar-refractivity contribution in [1.82, 2.24) is 25.8 Å². The Bertz CT molecular complexity index is 1700. The molecule has 5 amide bonds. The molecule has 308 valence electrons. The monoisotopic (exact) mass is 798 g/mol. The molecule has 4 rings (SSSR count). The average Bonchev–Trinajstić information content (AvgIpc) is 3.79. The highest BCUT2D eigenvalue weighted by Crippen LogP contribution is 2.28. The molecular formula is C40H58N6O9S. The predicted molar refractivity (Wildman–Crippen MR) is 215 cm³/mol. The number of hydrogen-bond donors (Lipinski definition) is 5. The van der Waals surface area contributed by atoms with Crippen LogP contribution < -0.4 is 26.2 Å². The number of likely N-dealkylation sites (N-methyl/N-ethyl adjacent to an activating group) is 1. The number of anilines is 1. The normalized spacial score (nSPS) is 15.2. The van der Waals surface area contributed by atoms with E-state index in [-0.39, 0.29) is 62.6 Å². The van der Waals surface area contributed by atoms with Crippen molar-refractivity contribution in [2.45, 2.75) is 84.2 Å². The van der Waals surface area contributed by atoms with Gasteiger partial charge in [-0.1, -0.05) is 31.9 Å². The van der Waals surface area contributed by atoms with Gasteiger partial charge in [0.15, 0.2) is 0 Å². The van der Waals surface area contributed by atoms with E-state index in [2.05, 4.69) is 34.3 Å². The molecule has 0 spiro atoms. The summed E-state index contributed by atoms with van der Waals surface area (Å²) in [6.45, 7) is 7.17. The van der Waals surface area contributed by atoms with E-state index in [4.69, 9.17) is 19.3 Å². The standard InChI is InChI=1S/C40H58N6O9S/c1-3-29-10-9-11-32(26-29)45(4-2)36(47)28-46-33-16-25-56-35(33)27-34(46)38(49)44-31-14-12-30(13-15-31)37(48)41-17-7-5-6-8-18-43-40(52)55-24-23-54-22-21-53-20-19-42-39(50)51/h9-11,16,25-27,30-31,42H,3-8,12-15,17-24,28H2,1-2H3,(H,41,48)(H,43,52)(H,44,49)(H,50,51). The van der Waals surface area contributed by atoms with Crippen LogP contribution in [0.25, 0.3) is 10.2 Å². The molecular weight excluding hydrogens is 741 g/mol. The fourth-order valence-electron chi connectivity index (χ4n) is 6.71. The summed E-state index contributed by atoms with van der Waals surface area (Å²) in [6, 6.07) is 11.8. The van der Waals surface area contributed by atoms with Gasteiger partial charge in [-0.2, -0.15) is 0 Å². The first kappa shape index (κ1) is 44.0.